The first-order valence-corrected chi connectivity index (χ1v) is 10.1. The van der Waals surface area contributed by atoms with Gasteiger partial charge < -0.3 is 10.1 Å². The smallest absolute Gasteiger partial charge is 0.376 e. The van der Waals surface area contributed by atoms with E-state index in [1.54, 1.807) is 4.90 Å². The maximum absolute atomic E-state index is 12.7. The summed E-state index contributed by atoms with van der Waals surface area (Å²) in [5, 5.41) is 3.22. The summed E-state index contributed by atoms with van der Waals surface area (Å²) in [5.41, 5.74) is 1.59. The van der Waals surface area contributed by atoms with Crippen LogP contribution in [0.4, 0.5) is 10.5 Å². The van der Waals surface area contributed by atoms with Crippen molar-refractivity contribution in [2.45, 2.75) is 36.8 Å². The first-order valence-electron chi connectivity index (χ1n) is 10.1. The van der Waals surface area contributed by atoms with E-state index in [1.807, 2.05) is 6.07 Å². The molecule has 8 nitrogen and oxygen atoms in total. The van der Waals surface area contributed by atoms with Crippen molar-refractivity contribution in [1.29, 1.82) is 0 Å². The van der Waals surface area contributed by atoms with Crippen molar-refractivity contribution in [3.8, 4) is 0 Å². The van der Waals surface area contributed by atoms with E-state index < -0.39 is 5.97 Å². The highest BCUT2D eigenvalue weighted by atomic mass is 16.5. The van der Waals surface area contributed by atoms with E-state index in [9.17, 15) is 9.59 Å². The third-order valence-electron chi connectivity index (χ3n) is 6.60. The third-order valence-corrected chi connectivity index (χ3v) is 6.60. The Bertz CT molecular complexity index is 922. The maximum Gasteiger partial charge on any atom is 0.376 e. The summed E-state index contributed by atoms with van der Waals surface area (Å²) in [6, 6.07) is 10.4. The van der Waals surface area contributed by atoms with Crippen LogP contribution in [0.25, 0.3) is 0 Å². The van der Waals surface area contributed by atoms with E-state index in [-0.39, 0.29) is 22.9 Å². The monoisotopic (exact) mass is 409 g/mol. The highest BCUT2D eigenvalue weighted by molar-refractivity contribution is 5.95. The molecule has 1 spiro atoms. The Morgan fingerprint density at radius 1 is 1.10 bits per heavy atom. The Labute approximate surface area is 176 Å². The molecule has 30 heavy (non-hydrogen) atoms. The number of carbonyl (C=O) groups is 2. The molecule has 0 unspecified atom stereocenters. The molecule has 2 aliphatic rings. The molecule has 158 valence electrons. The number of carbonyl (C=O) groups excluding carboxylic acids is 2. The predicted molar refractivity (Wildman–Crippen MR) is 112 cm³/mol. The SMILES string of the molecule is COC(=O)c1ncc(N2C[C@]3(CC[C@@](c4ccccc4)(N(C)C)CC3)NC2=O)cn1. The number of anilines is 1. The van der Waals surface area contributed by atoms with Gasteiger partial charge in [0.25, 0.3) is 0 Å². The highest BCUT2D eigenvalue weighted by Crippen LogP contribution is 2.46. The van der Waals surface area contributed by atoms with Crippen molar-refractivity contribution in [3.05, 3.63) is 54.1 Å². The number of amides is 2. The van der Waals surface area contributed by atoms with Gasteiger partial charge in [-0.15, -0.1) is 0 Å². The fourth-order valence-corrected chi connectivity index (χ4v) is 4.74. The van der Waals surface area contributed by atoms with Crippen LogP contribution in [0.2, 0.25) is 0 Å². The molecule has 2 heterocycles. The fraction of sp³-hybridized carbons (Fsp3) is 0.455. The molecule has 2 amide bonds. The summed E-state index contributed by atoms with van der Waals surface area (Å²) in [6.45, 7) is 0.561. The molecule has 0 radical (unpaired) electrons. The molecule has 2 fully saturated rings. The lowest BCUT2D eigenvalue weighted by Crippen LogP contribution is -2.54. The number of ether oxygens (including phenoxy) is 1. The molecule has 1 aromatic heterocycles. The summed E-state index contributed by atoms with van der Waals surface area (Å²) in [6.07, 6.45) is 6.65. The number of hydrogen-bond donors (Lipinski definition) is 1. The number of benzene rings is 1. The van der Waals surface area contributed by atoms with E-state index in [4.69, 9.17) is 0 Å². The Balaban J connectivity index is 1.51. The second kappa shape index (κ2) is 7.68. The van der Waals surface area contributed by atoms with Crippen molar-refractivity contribution in [3.63, 3.8) is 0 Å². The van der Waals surface area contributed by atoms with Crippen molar-refractivity contribution in [2.24, 2.45) is 0 Å². The molecule has 2 aromatic rings. The van der Waals surface area contributed by atoms with Gasteiger partial charge in [-0.25, -0.2) is 19.6 Å². The number of methoxy groups -OCH3 is 1. The Morgan fingerprint density at radius 2 is 1.73 bits per heavy atom. The lowest BCUT2D eigenvalue weighted by molar-refractivity contribution is 0.0586. The van der Waals surface area contributed by atoms with Gasteiger partial charge in [-0.1, -0.05) is 30.3 Å². The zero-order chi connectivity index (χ0) is 21.4. The molecule has 8 heteroatoms. The average Bonchev–Trinajstić information content (AvgIpc) is 3.10. The van der Waals surface area contributed by atoms with E-state index >= 15 is 0 Å². The van der Waals surface area contributed by atoms with Crippen LogP contribution >= 0.6 is 0 Å². The summed E-state index contributed by atoms with van der Waals surface area (Å²) >= 11 is 0. The van der Waals surface area contributed by atoms with Gasteiger partial charge in [-0.2, -0.15) is 0 Å². The molecular weight excluding hydrogens is 382 g/mol. The van der Waals surface area contributed by atoms with Crippen LogP contribution in [0.5, 0.6) is 0 Å². The minimum Gasteiger partial charge on any atom is -0.463 e. The molecule has 0 bridgehead atoms. The third kappa shape index (κ3) is 3.41. The first-order chi connectivity index (χ1) is 14.4. The number of hydrogen-bond acceptors (Lipinski definition) is 6. The van der Waals surface area contributed by atoms with Crippen LogP contribution in [-0.4, -0.2) is 60.2 Å². The van der Waals surface area contributed by atoms with E-state index in [1.165, 1.54) is 25.1 Å². The summed E-state index contributed by atoms with van der Waals surface area (Å²) in [5.74, 6) is -0.621. The van der Waals surface area contributed by atoms with Crippen LogP contribution in [0.15, 0.2) is 42.7 Å². The topological polar surface area (TPSA) is 87.7 Å². The number of aromatic nitrogens is 2. The Morgan fingerprint density at radius 3 is 2.30 bits per heavy atom. The molecule has 4 rings (SSSR count). The second-order valence-corrected chi connectivity index (χ2v) is 8.35. The van der Waals surface area contributed by atoms with Gasteiger partial charge in [0.2, 0.25) is 5.82 Å². The highest BCUT2D eigenvalue weighted by Gasteiger charge is 2.50. The molecule has 1 saturated heterocycles. The average molecular weight is 409 g/mol. The van der Waals surface area contributed by atoms with Gasteiger partial charge in [-0.3, -0.25) is 9.80 Å². The van der Waals surface area contributed by atoms with Crippen LogP contribution in [0, 0.1) is 0 Å². The van der Waals surface area contributed by atoms with Gasteiger partial charge >= 0.3 is 12.0 Å². The standard InChI is InChI=1S/C22H27N5O3/c1-26(2)22(16-7-5-4-6-8-16)11-9-21(10-12-22)15-27(20(29)25-21)17-13-23-18(24-14-17)19(28)30-3/h4-8,13-14H,9-12,15H2,1-3H3,(H,25,29)/t21-,22-. The zero-order valence-corrected chi connectivity index (χ0v) is 17.6. The summed E-state index contributed by atoms with van der Waals surface area (Å²) in [4.78, 5) is 36.3. The van der Waals surface area contributed by atoms with Crippen LogP contribution in [-0.2, 0) is 10.3 Å². The largest absolute Gasteiger partial charge is 0.463 e. The lowest BCUT2D eigenvalue weighted by Gasteiger charge is -2.48. The Kier molecular flexibility index (Phi) is 5.19. The van der Waals surface area contributed by atoms with Crippen molar-refractivity contribution in [2.75, 3.05) is 32.6 Å². The Hall–Kier alpha value is -3.00. The molecule has 1 aliphatic carbocycles. The molecule has 1 aromatic carbocycles. The van der Waals surface area contributed by atoms with Gasteiger partial charge in [0.05, 0.1) is 37.3 Å². The molecule has 1 N–H and O–H groups in total. The summed E-state index contributed by atoms with van der Waals surface area (Å²) < 4.78 is 4.63. The normalized spacial score (nSPS) is 26.1. The number of nitrogens with zero attached hydrogens (tertiary/aromatic N) is 4. The van der Waals surface area contributed by atoms with Crippen molar-refractivity contribution < 1.29 is 14.3 Å². The lowest BCUT2D eigenvalue weighted by atomic mass is 9.69. The van der Waals surface area contributed by atoms with E-state index in [0.717, 1.165) is 25.7 Å². The van der Waals surface area contributed by atoms with Gasteiger partial charge in [0.1, 0.15) is 0 Å². The van der Waals surface area contributed by atoms with E-state index in [0.29, 0.717) is 12.2 Å². The van der Waals surface area contributed by atoms with Gasteiger partial charge in [0, 0.05) is 5.54 Å². The van der Waals surface area contributed by atoms with Gasteiger partial charge in [0.15, 0.2) is 0 Å². The summed E-state index contributed by atoms with van der Waals surface area (Å²) in [7, 11) is 5.54. The quantitative estimate of drug-likeness (QED) is 0.781. The van der Waals surface area contributed by atoms with Crippen molar-refractivity contribution >= 4 is 17.7 Å². The number of urea groups is 1. The number of rotatable bonds is 4. The maximum atomic E-state index is 12.7. The molecule has 1 saturated carbocycles. The van der Waals surface area contributed by atoms with Crippen molar-refractivity contribution in [1.82, 2.24) is 20.2 Å². The minimum absolute atomic E-state index is 0.0214. The molecule has 0 atom stereocenters. The van der Waals surface area contributed by atoms with Gasteiger partial charge in [-0.05, 0) is 45.3 Å². The van der Waals surface area contributed by atoms with Crippen LogP contribution in [0.3, 0.4) is 0 Å². The first kappa shape index (κ1) is 20.3. The number of nitrogens with one attached hydrogen (secondary N) is 1. The second-order valence-electron chi connectivity index (χ2n) is 8.35. The van der Waals surface area contributed by atoms with Crippen LogP contribution < -0.4 is 10.2 Å². The fourth-order valence-electron chi connectivity index (χ4n) is 4.74. The predicted octanol–water partition coefficient (Wildman–Crippen LogP) is 2.56. The molecule has 1 aliphatic heterocycles. The zero-order valence-electron chi connectivity index (χ0n) is 17.6. The minimum atomic E-state index is -0.600. The van der Waals surface area contributed by atoms with E-state index in [2.05, 4.69) is 63.3 Å². The number of esters is 1. The van der Waals surface area contributed by atoms with Crippen LogP contribution in [0.1, 0.15) is 41.9 Å². The molecular formula is C22H27N5O3.